The number of aliphatic hydroxyl groups excluding tert-OH is 1. The quantitative estimate of drug-likeness (QED) is 0.221. The van der Waals surface area contributed by atoms with Gasteiger partial charge in [0.15, 0.2) is 0 Å². The standard InChI is InChI=1S/C39H44N6O6/c1-22-14-24(3)30(15-23(22)2)38(50)44-20-33(26-10-6-5-7-11-26)43-36(48)25(4)41-37(49)34-17-28(46)19-45(34)39(51)32(42-35(47)21-44)16-27-18-40-31-13-9-8-12-29(27)31/h5-15,18,25,28,32-34,40,46H,16-17,19-21H2,1-4H3,(H,41,49)(H,42,47)(H,43,48)/t25-,28+,32+,33-,34-/m0/s1. The Hall–Kier alpha value is -5.49. The number of amides is 5. The molecule has 6 rings (SSSR count). The lowest BCUT2D eigenvalue weighted by atomic mass is 9.99. The lowest BCUT2D eigenvalue weighted by molar-refractivity contribution is -0.142. The summed E-state index contributed by atoms with van der Waals surface area (Å²) in [4.78, 5) is 76.0. The van der Waals surface area contributed by atoms with Crippen molar-refractivity contribution < 1.29 is 29.1 Å². The van der Waals surface area contributed by atoms with Crippen molar-refractivity contribution in [3.05, 3.63) is 106 Å². The van der Waals surface area contributed by atoms with Crippen LogP contribution in [0.3, 0.4) is 0 Å². The van der Waals surface area contributed by atoms with Crippen LogP contribution in [0.4, 0.5) is 0 Å². The number of rotatable bonds is 4. The highest BCUT2D eigenvalue weighted by Crippen LogP contribution is 2.25. The fraction of sp³-hybridized carbons (Fsp3) is 0.359. The molecule has 0 saturated carbocycles. The smallest absolute Gasteiger partial charge is 0.254 e. The lowest BCUT2D eigenvalue weighted by Crippen LogP contribution is -2.56. The van der Waals surface area contributed by atoms with Crippen LogP contribution in [0.25, 0.3) is 10.9 Å². The van der Waals surface area contributed by atoms with Gasteiger partial charge in [-0.3, -0.25) is 24.0 Å². The monoisotopic (exact) mass is 692 g/mol. The second-order valence-electron chi connectivity index (χ2n) is 13.7. The molecule has 12 heteroatoms. The summed E-state index contributed by atoms with van der Waals surface area (Å²) in [7, 11) is 0. The maximum absolute atomic E-state index is 14.4. The van der Waals surface area contributed by atoms with Gasteiger partial charge in [-0.15, -0.1) is 0 Å². The van der Waals surface area contributed by atoms with E-state index in [2.05, 4.69) is 20.9 Å². The number of aryl methyl sites for hydroxylation is 3. The van der Waals surface area contributed by atoms with E-state index in [-0.39, 0.29) is 25.9 Å². The van der Waals surface area contributed by atoms with Gasteiger partial charge in [-0.1, -0.05) is 54.6 Å². The number of aromatic amines is 1. The summed E-state index contributed by atoms with van der Waals surface area (Å²) >= 11 is 0. The molecule has 0 aliphatic carbocycles. The molecule has 2 fully saturated rings. The number of nitrogens with one attached hydrogen (secondary N) is 4. The first-order valence-electron chi connectivity index (χ1n) is 17.2. The molecule has 3 heterocycles. The van der Waals surface area contributed by atoms with Gasteiger partial charge >= 0.3 is 0 Å². The van der Waals surface area contributed by atoms with E-state index in [1.165, 1.54) is 16.7 Å². The number of H-pyrrole nitrogens is 1. The third-order valence-corrected chi connectivity index (χ3v) is 9.96. The fourth-order valence-corrected chi connectivity index (χ4v) is 7.03. The fourth-order valence-electron chi connectivity index (χ4n) is 7.03. The first-order valence-corrected chi connectivity index (χ1v) is 17.2. The molecule has 12 nitrogen and oxygen atoms in total. The van der Waals surface area contributed by atoms with Gasteiger partial charge in [0.25, 0.3) is 5.91 Å². The molecule has 266 valence electrons. The summed E-state index contributed by atoms with van der Waals surface area (Å²) in [5.41, 5.74) is 5.42. The van der Waals surface area contributed by atoms with Crippen LogP contribution in [0, 0.1) is 20.8 Å². The molecular formula is C39H44N6O6. The predicted octanol–water partition coefficient (Wildman–Crippen LogP) is 2.60. The summed E-state index contributed by atoms with van der Waals surface area (Å²) in [6.45, 7) is 6.64. The van der Waals surface area contributed by atoms with Crippen LogP contribution >= 0.6 is 0 Å². The molecule has 5 atom stereocenters. The minimum atomic E-state index is -1.13. The number of benzene rings is 3. The molecule has 4 aromatic rings. The Labute approximate surface area is 296 Å². The van der Waals surface area contributed by atoms with Crippen LogP contribution in [0.1, 0.15) is 57.6 Å². The maximum atomic E-state index is 14.4. The number of nitrogens with zero attached hydrogens (tertiary/aromatic N) is 2. The Morgan fingerprint density at radius 3 is 2.31 bits per heavy atom. The van der Waals surface area contributed by atoms with Crippen molar-refractivity contribution >= 4 is 40.4 Å². The molecule has 2 saturated heterocycles. The van der Waals surface area contributed by atoms with Crippen molar-refractivity contribution in [2.75, 3.05) is 19.6 Å². The molecular weight excluding hydrogens is 648 g/mol. The van der Waals surface area contributed by atoms with E-state index in [4.69, 9.17) is 0 Å². The Morgan fingerprint density at radius 2 is 1.55 bits per heavy atom. The van der Waals surface area contributed by atoms with Crippen LogP contribution in [0.2, 0.25) is 0 Å². The van der Waals surface area contributed by atoms with Crippen molar-refractivity contribution in [3.63, 3.8) is 0 Å². The van der Waals surface area contributed by atoms with E-state index >= 15 is 0 Å². The second kappa shape index (κ2) is 14.8. The average molecular weight is 693 g/mol. The molecule has 0 radical (unpaired) electrons. The Balaban J connectivity index is 1.42. The third kappa shape index (κ3) is 7.65. The van der Waals surface area contributed by atoms with E-state index in [0.717, 1.165) is 33.2 Å². The number of aromatic nitrogens is 1. The summed E-state index contributed by atoms with van der Waals surface area (Å²) in [6, 6.07) is 16.5. The molecule has 5 amide bonds. The van der Waals surface area contributed by atoms with Gasteiger partial charge in [0.2, 0.25) is 23.6 Å². The van der Waals surface area contributed by atoms with E-state index in [0.29, 0.717) is 11.1 Å². The molecule has 2 aliphatic rings. The molecule has 0 bridgehead atoms. The lowest BCUT2D eigenvalue weighted by Gasteiger charge is -2.30. The van der Waals surface area contributed by atoms with E-state index in [9.17, 15) is 29.1 Å². The van der Waals surface area contributed by atoms with Gasteiger partial charge in [0.1, 0.15) is 18.1 Å². The van der Waals surface area contributed by atoms with Crippen molar-refractivity contribution in [3.8, 4) is 0 Å². The Kier molecular flexibility index (Phi) is 10.2. The van der Waals surface area contributed by atoms with Crippen molar-refractivity contribution in [1.82, 2.24) is 30.7 Å². The molecule has 3 aromatic carbocycles. The summed E-state index contributed by atoms with van der Waals surface area (Å²) in [5, 5.41) is 20.1. The number of hydrogen-bond acceptors (Lipinski definition) is 6. The van der Waals surface area contributed by atoms with E-state index in [1.807, 2.05) is 81.4 Å². The SMILES string of the molecule is Cc1cc(C)c(C(=O)N2CC(=O)N[C@H](Cc3c[nH]c4ccccc34)C(=O)N3C[C@H](O)C[C@H]3C(=O)N[C@@H](C)C(=O)N[C@H](c3ccccc3)C2)cc1C. The van der Waals surface area contributed by atoms with Gasteiger partial charge in [-0.25, -0.2) is 0 Å². The highest BCUT2D eigenvalue weighted by molar-refractivity contribution is 5.99. The highest BCUT2D eigenvalue weighted by Gasteiger charge is 2.43. The molecule has 2 aliphatic heterocycles. The van der Waals surface area contributed by atoms with Crippen molar-refractivity contribution in [1.29, 1.82) is 0 Å². The molecule has 5 N–H and O–H groups in total. The second-order valence-corrected chi connectivity index (χ2v) is 13.7. The number of fused-ring (bicyclic) bond motifs is 2. The first-order chi connectivity index (χ1) is 24.4. The van der Waals surface area contributed by atoms with Crippen LogP contribution in [0.15, 0.2) is 72.9 Å². The Morgan fingerprint density at radius 1 is 0.843 bits per heavy atom. The van der Waals surface area contributed by atoms with Gasteiger partial charge in [-0.05, 0) is 67.6 Å². The molecule has 51 heavy (non-hydrogen) atoms. The van der Waals surface area contributed by atoms with E-state index < -0.39 is 66.4 Å². The minimum absolute atomic E-state index is 0.0239. The summed E-state index contributed by atoms with van der Waals surface area (Å²) in [5.74, 6) is -2.66. The maximum Gasteiger partial charge on any atom is 0.254 e. The van der Waals surface area contributed by atoms with Crippen LogP contribution in [0.5, 0.6) is 0 Å². The molecule has 0 unspecified atom stereocenters. The zero-order valence-corrected chi connectivity index (χ0v) is 29.2. The zero-order valence-electron chi connectivity index (χ0n) is 29.2. The molecule has 1 aromatic heterocycles. The number of para-hydroxylation sites is 1. The zero-order chi connectivity index (χ0) is 36.4. The van der Waals surface area contributed by atoms with Gasteiger partial charge < -0.3 is 35.8 Å². The number of carbonyl (C=O) groups is 5. The number of aliphatic hydroxyl groups is 1. The van der Waals surface area contributed by atoms with Crippen molar-refractivity contribution in [2.24, 2.45) is 0 Å². The Bertz CT molecular complexity index is 1980. The van der Waals surface area contributed by atoms with E-state index in [1.54, 1.807) is 12.3 Å². The van der Waals surface area contributed by atoms with Crippen LogP contribution < -0.4 is 16.0 Å². The van der Waals surface area contributed by atoms with Gasteiger partial charge in [-0.2, -0.15) is 0 Å². The average Bonchev–Trinajstić information content (AvgIpc) is 3.71. The predicted molar refractivity (Wildman–Crippen MR) is 192 cm³/mol. The number of hydrogen-bond donors (Lipinski definition) is 5. The molecule has 0 spiro atoms. The number of carbonyl (C=O) groups excluding carboxylic acids is 5. The van der Waals surface area contributed by atoms with Crippen LogP contribution in [-0.4, -0.2) is 93.3 Å². The topological polar surface area (TPSA) is 164 Å². The highest BCUT2D eigenvalue weighted by atomic mass is 16.3. The first kappa shape index (κ1) is 35.3. The third-order valence-electron chi connectivity index (χ3n) is 9.96. The summed E-state index contributed by atoms with van der Waals surface area (Å²) in [6.07, 6.45) is 0.866. The van der Waals surface area contributed by atoms with Gasteiger partial charge in [0, 0.05) is 48.6 Å². The van der Waals surface area contributed by atoms with Crippen molar-refractivity contribution in [2.45, 2.75) is 70.8 Å². The normalized spacial score (nSPS) is 23.6. The van der Waals surface area contributed by atoms with Crippen LogP contribution in [-0.2, 0) is 25.6 Å². The largest absolute Gasteiger partial charge is 0.391 e. The van der Waals surface area contributed by atoms with Gasteiger partial charge in [0.05, 0.1) is 18.7 Å². The summed E-state index contributed by atoms with van der Waals surface area (Å²) < 4.78 is 0. The minimum Gasteiger partial charge on any atom is -0.391 e.